The molecule has 5 nitrogen and oxygen atoms in total. The van der Waals surface area contributed by atoms with Crippen LogP contribution in [0.25, 0.3) is 0 Å². The maximum atomic E-state index is 11.0. The van der Waals surface area contributed by atoms with Gasteiger partial charge < -0.3 is 5.73 Å². The Morgan fingerprint density at radius 3 is 2.48 bits per heavy atom. The Balaban J connectivity index is 2.39. The largest absolute Gasteiger partial charge is 0.386 e. The summed E-state index contributed by atoms with van der Waals surface area (Å²) < 4.78 is 0. The van der Waals surface area contributed by atoms with Crippen molar-refractivity contribution in [2.45, 2.75) is 9.79 Å². The Morgan fingerprint density at radius 1 is 1.19 bits per heavy atom. The predicted molar refractivity (Wildman–Crippen MR) is 85.7 cm³/mol. The summed E-state index contributed by atoms with van der Waals surface area (Å²) in [6.07, 6.45) is 0. The van der Waals surface area contributed by atoms with Gasteiger partial charge in [-0.15, -0.1) is 11.6 Å². The lowest BCUT2D eigenvalue weighted by Gasteiger charge is -2.06. The molecule has 2 rings (SSSR count). The molecule has 0 bridgehead atoms. The Hall–Kier alpha value is -2.05. The number of nitrogens with zero attached hydrogens (tertiary/aromatic N) is 2. The molecular formula is C14H12ClN3O2S. The van der Waals surface area contributed by atoms with Crippen LogP contribution in [0.4, 0.5) is 11.4 Å². The highest BCUT2D eigenvalue weighted by Gasteiger charge is 2.14. The van der Waals surface area contributed by atoms with Crippen molar-refractivity contribution in [3.05, 3.63) is 58.6 Å². The smallest absolute Gasteiger partial charge is 0.283 e. The van der Waals surface area contributed by atoms with E-state index in [4.69, 9.17) is 17.3 Å². The topological polar surface area (TPSA) is 81.5 Å². The molecule has 0 fully saturated rings. The molecule has 0 spiro atoms. The predicted octanol–water partition coefficient (Wildman–Crippen LogP) is 3.97. The molecule has 108 valence electrons. The first-order valence-electron chi connectivity index (χ1n) is 6.01. The molecule has 0 saturated carbocycles. The second kappa shape index (κ2) is 7.10. The molecule has 0 aromatic heterocycles. The molecule has 0 amide bonds. The lowest BCUT2D eigenvalue weighted by atomic mass is 10.3. The number of nitrogens with two attached hydrogens (primary N) is 1. The van der Waals surface area contributed by atoms with E-state index in [1.807, 2.05) is 18.2 Å². The Morgan fingerprint density at radius 2 is 1.81 bits per heavy atom. The van der Waals surface area contributed by atoms with E-state index in [9.17, 15) is 10.1 Å². The minimum Gasteiger partial charge on any atom is -0.386 e. The number of aliphatic imine (C=N–C) groups is 1. The normalized spacial score (nSPS) is 11.4. The van der Waals surface area contributed by atoms with Crippen molar-refractivity contribution in [2.75, 3.05) is 5.88 Å². The maximum absolute atomic E-state index is 11.0. The molecular weight excluding hydrogens is 310 g/mol. The molecule has 21 heavy (non-hydrogen) atoms. The minimum atomic E-state index is -0.401. The van der Waals surface area contributed by atoms with E-state index in [-0.39, 0.29) is 11.6 Å². The summed E-state index contributed by atoms with van der Waals surface area (Å²) in [6, 6.07) is 13.9. The van der Waals surface area contributed by atoms with Crippen LogP contribution in [-0.4, -0.2) is 16.6 Å². The van der Waals surface area contributed by atoms with Crippen LogP contribution in [0.1, 0.15) is 0 Å². The first kappa shape index (κ1) is 15.3. The number of halogens is 1. The first-order valence-corrected chi connectivity index (χ1v) is 7.36. The molecule has 0 radical (unpaired) electrons. The van der Waals surface area contributed by atoms with Crippen molar-refractivity contribution in [3.63, 3.8) is 0 Å². The molecule has 0 aliphatic rings. The summed E-state index contributed by atoms with van der Waals surface area (Å²) in [6.45, 7) is 0. The van der Waals surface area contributed by atoms with E-state index < -0.39 is 4.92 Å². The van der Waals surface area contributed by atoms with Gasteiger partial charge in [-0.05, 0) is 18.2 Å². The summed E-state index contributed by atoms with van der Waals surface area (Å²) in [5, 5.41) is 11.0. The van der Waals surface area contributed by atoms with Gasteiger partial charge in [0.2, 0.25) is 0 Å². The number of hydrogen-bond acceptors (Lipinski definition) is 4. The standard InChI is InChI=1S/C14H12ClN3O2S/c15-9-14(16)17-10-5-1-3-7-12(10)21-13-8-4-2-6-11(13)18(19)20/h1-8H,9H2,(H2,16,17). The minimum absolute atomic E-state index is 0.0617. The average Bonchev–Trinajstić information content (AvgIpc) is 2.49. The SMILES string of the molecule is NC(CCl)=Nc1ccccc1Sc1ccccc1[N+](=O)[O-]. The van der Waals surface area contributed by atoms with Gasteiger partial charge in [-0.1, -0.05) is 36.0 Å². The van der Waals surface area contributed by atoms with Crippen molar-refractivity contribution < 1.29 is 4.92 Å². The summed E-state index contributed by atoms with van der Waals surface area (Å²) in [5.74, 6) is 0.428. The Kier molecular flexibility index (Phi) is 5.19. The maximum Gasteiger partial charge on any atom is 0.283 e. The van der Waals surface area contributed by atoms with Gasteiger partial charge in [-0.25, -0.2) is 4.99 Å². The van der Waals surface area contributed by atoms with Crippen LogP contribution < -0.4 is 5.73 Å². The number of para-hydroxylation sites is 2. The molecule has 0 saturated heterocycles. The zero-order valence-corrected chi connectivity index (χ0v) is 12.5. The molecule has 2 aromatic carbocycles. The summed E-state index contributed by atoms with van der Waals surface area (Å²) in [5.41, 5.74) is 6.35. The molecule has 0 aliphatic carbocycles. The van der Waals surface area contributed by atoms with Crippen molar-refractivity contribution in [2.24, 2.45) is 10.7 Å². The molecule has 2 N–H and O–H groups in total. The number of hydrogen-bond donors (Lipinski definition) is 1. The van der Waals surface area contributed by atoms with E-state index >= 15 is 0 Å². The second-order valence-electron chi connectivity index (χ2n) is 4.03. The van der Waals surface area contributed by atoms with E-state index in [1.54, 1.807) is 24.3 Å². The summed E-state index contributed by atoms with van der Waals surface area (Å²) in [7, 11) is 0. The third kappa shape index (κ3) is 3.96. The highest BCUT2D eigenvalue weighted by atomic mass is 35.5. The zero-order chi connectivity index (χ0) is 15.2. The number of benzene rings is 2. The third-order valence-electron chi connectivity index (χ3n) is 2.55. The van der Waals surface area contributed by atoms with Gasteiger partial charge in [0.05, 0.1) is 21.4 Å². The van der Waals surface area contributed by atoms with Crippen LogP contribution in [0, 0.1) is 10.1 Å². The van der Waals surface area contributed by atoms with Crippen molar-refractivity contribution >= 4 is 40.6 Å². The number of alkyl halides is 1. The second-order valence-corrected chi connectivity index (χ2v) is 5.38. The number of nitro benzene ring substituents is 1. The van der Waals surface area contributed by atoms with Crippen LogP contribution in [0.3, 0.4) is 0 Å². The molecule has 2 aromatic rings. The van der Waals surface area contributed by atoms with Gasteiger partial charge in [0.1, 0.15) is 5.84 Å². The van der Waals surface area contributed by atoms with Gasteiger partial charge in [0, 0.05) is 11.0 Å². The monoisotopic (exact) mass is 321 g/mol. The third-order valence-corrected chi connectivity index (χ3v) is 3.95. The number of rotatable bonds is 5. The van der Waals surface area contributed by atoms with E-state index in [1.165, 1.54) is 17.8 Å². The van der Waals surface area contributed by atoms with Crippen LogP contribution in [0.15, 0.2) is 63.3 Å². The lowest BCUT2D eigenvalue weighted by Crippen LogP contribution is -2.12. The first-order chi connectivity index (χ1) is 10.1. The highest BCUT2D eigenvalue weighted by molar-refractivity contribution is 7.99. The quantitative estimate of drug-likeness (QED) is 0.297. The summed E-state index contributed by atoms with van der Waals surface area (Å²) >= 11 is 6.90. The lowest BCUT2D eigenvalue weighted by molar-refractivity contribution is -0.387. The van der Waals surface area contributed by atoms with Crippen LogP contribution in [-0.2, 0) is 0 Å². The Bertz CT molecular complexity index is 691. The molecule has 0 heterocycles. The fourth-order valence-corrected chi connectivity index (χ4v) is 2.69. The van der Waals surface area contributed by atoms with Gasteiger partial charge in [0.15, 0.2) is 0 Å². The van der Waals surface area contributed by atoms with Crippen molar-refractivity contribution in [1.29, 1.82) is 0 Å². The van der Waals surface area contributed by atoms with Crippen molar-refractivity contribution in [3.8, 4) is 0 Å². The van der Waals surface area contributed by atoms with Crippen molar-refractivity contribution in [1.82, 2.24) is 0 Å². The van der Waals surface area contributed by atoms with E-state index in [2.05, 4.69) is 4.99 Å². The van der Waals surface area contributed by atoms with E-state index in [0.717, 1.165) is 4.90 Å². The molecule has 0 aliphatic heterocycles. The molecule has 0 unspecified atom stereocenters. The van der Waals surface area contributed by atoms with Gasteiger partial charge in [-0.3, -0.25) is 10.1 Å². The summed E-state index contributed by atoms with van der Waals surface area (Å²) in [4.78, 5) is 16.2. The van der Waals surface area contributed by atoms with Crippen LogP contribution in [0.2, 0.25) is 0 Å². The zero-order valence-electron chi connectivity index (χ0n) is 10.9. The molecule has 7 heteroatoms. The highest BCUT2D eigenvalue weighted by Crippen LogP contribution is 2.39. The Labute approximate surface area is 131 Å². The number of nitro groups is 1. The van der Waals surface area contributed by atoms with E-state index in [0.29, 0.717) is 16.4 Å². The van der Waals surface area contributed by atoms with Gasteiger partial charge in [-0.2, -0.15) is 0 Å². The van der Waals surface area contributed by atoms with Crippen LogP contribution >= 0.6 is 23.4 Å². The average molecular weight is 322 g/mol. The molecule has 0 atom stereocenters. The fraction of sp³-hybridized carbons (Fsp3) is 0.0714. The van der Waals surface area contributed by atoms with Crippen LogP contribution in [0.5, 0.6) is 0 Å². The van der Waals surface area contributed by atoms with Gasteiger partial charge >= 0.3 is 0 Å². The van der Waals surface area contributed by atoms with Gasteiger partial charge in [0.25, 0.3) is 5.69 Å². The number of amidine groups is 1. The fourth-order valence-electron chi connectivity index (χ4n) is 1.63.